The molecule has 0 spiro atoms. The van der Waals surface area contributed by atoms with Gasteiger partial charge in [0.2, 0.25) is 0 Å². The van der Waals surface area contributed by atoms with E-state index >= 15 is 0 Å². The third-order valence-corrected chi connectivity index (χ3v) is 5.35. The molecule has 1 aromatic carbocycles. The average Bonchev–Trinajstić information content (AvgIpc) is 2.59. The number of hydrogen-bond donors (Lipinski definition) is 1. The number of nitrogens with one attached hydrogen (secondary N) is 1. The summed E-state index contributed by atoms with van der Waals surface area (Å²) in [5.74, 6) is 0.132. The molecule has 2 aliphatic rings. The third-order valence-electron chi connectivity index (χ3n) is 5.35. The predicted octanol–water partition coefficient (Wildman–Crippen LogP) is 3.94. The lowest BCUT2D eigenvalue weighted by atomic mass is 9.95. The van der Waals surface area contributed by atoms with Crippen LogP contribution < -0.4 is 5.32 Å². The van der Waals surface area contributed by atoms with Crippen LogP contribution in [0.15, 0.2) is 24.3 Å². The molecule has 5 heteroatoms. The van der Waals surface area contributed by atoms with Gasteiger partial charge in [0.15, 0.2) is 0 Å². The van der Waals surface area contributed by atoms with Crippen LogP contribution in [-0.2, 0) is 0 Å². The molecule has 0 aromatic heterocycles. The summed E-state index contributed by atoms with van der Waals surface area (Å²) in [6.45, 7) is 6.09. The standard InChI is InChI=1S/C19H28FN3O/c1-15-7-4-5-11-22(15)13-16-8-6-12-23(14-16)19(24)21-18-10-3-2-9-17(18)20/h2-3,9-10,15-16H,4-8,11-14H2,1H3,(H,21,24)/t15-,16-/m0/s1. The second-order valence-electron chi connectivity index (χ2n) is 7.20. The number of amides is 2. The second-order valence-corrected chi connectivity index (χ2v) is 7.20. The smallest absolute Gasteiger partial charge is 0.321 e. The quantitative estimate of drug-likeness (QED) is 0.909. The maximum Gasteiger partial charge on any atom is 0.321 e. The molecule has 2 amide bonds. The largest absolute Gasteiger partial charge is 0.324 e. The maximum atomic E-state index is 13.7. The molecule has 1 aromatic rings. The van der Waals surface area contributed by atoms with E-state index in [1.165, 1.54) is 38.3 Å². The number of halogens is 1. The van der Waals surface area contributed by atoms with Crippen LogP contribution in [-0.4, -0.2) is 48.1 Å². The van der Waals surface area contributed by atoms with E-state index in [1.54, 1.807) is 18.2 Å². The molecule has 1 N–H and O–H groups in total. The summed E-state index contributed by atoms with van der Waals surface area (Å²) in [6.07, 6.45) is 6.10. The lowest BCUT2D eigenvalue weighted by Crippen LogP contribution is -2.47. The fraction of sp³-hybridized carbons (Fsp3) is 0.632. The molecule has 3 rings (SSSR count). The van der Waals surface area contributed by atoms with Crippen molar-refractivity contribution in [3.8, 4) is 0 Å². The molecule has 2 heterocycles. The highest BCUT2D eigenvalue weighted by Crippen LogP contribution is 2.23. The number of nitrogens with zero attached hydrogens (tertiary/aromatic N) is 2. The minimum atomic E-state index is -0.387. The predicted molar refractivity (Wildman–Crippen MR) is 94.6 cm³/mol. The fourth-order valence-electron chi connectivity index (χ4n) is 3.92. The number of anilines is 1. The summed E-state index contributed by atoms with van der Waals surface area (Å²) in [4.78, 5) is 16.9. The van der Waals surface area contributed by atoms with Gasteiger partial charge in [-0.1, -0.05) is 18.6 Å². The molecule has 0 unspecified atom stereocenters. The normalized spacial score (nSPS) is 25.5. The number of para-hydroxylation sites is 1. The van der Waals surface area contributed by atoms with E-state index in [0.717, 1.165) is 26.1 Å². The molecule has 2 aliphatic heterocycles. The number of likely N-dealkylation sites (tertiary alicyclic amines) is 2. The Labute approximate surface area is 144 Å². The van der Waals surface area contributed by atoms with Gasteiger partial charge < -0.3 is 15.1 Å². The molecule has 0 saturated carbocycles. The zero-order valence-electron chi connectivity index (χ0n) is 14.5. The van der Waals surface area contributed by atoms with E-state index in [1.807, 2.05) is 4.90 Å². The lowest BCUT2D eigenvalue weighted by molar-refractivity contribution is 0.104. The molecule has 132 valence electrons. The molecular formula is C19H28FN3O. The van der Waals surface area contributed by atoms with Crippen molar-refractivity contribution in [2.24, 2.45) is 5.92 Å². The van der Waals surface area contributed by atoms with Crippen LogP contribution in [0.5, 0.6) is 0 Å². The number of urea groups is 1. The monoisotopic (exact) mass is 333 g/mol. The van der Waals surface area contributed by atoms with Crippen molar-refractivity contribution in [1.29, 1.82) is 0 Å². The van der Waals surface area contributed by atoms with E-state index in [-0.39, 0.29) is 17.5 Å². The zero-order chi connectivity index (χ0) is 16.9. The number of carbonyl (C=O) groups is 1. The average molecular weight is 333 g/mol. The van der Waals surface area contributed by atoms with Crippen LogP contribution in [0.1, 0.15) is 39.0 Å². The van der Waals surface area contributed by atoms with Crippen LogP contribution in [0.3, 0.4) is 0 Å². The van der Waals surface area contributed by atoms with Crippen molar-refractivity contribution in [1.82, 2.24) is 9.80 Å². The molecule has 24 heavy (non-hydrogen) atoms. The van der Waals surface area contributed by atoms with E-state index in [0.29, 0.717) is 12.0 Å². The van der Waals surface area contributed by atoms with Crippen molar-refractivity contribution in [2.45, 2.75) is 45.1 Å². The summed E-state index contributed by atoms with van der Waals surface area (Å²) >= 11 is 0. The Morgan fingerprint density at radius 2 is 2.04 bits per heavy atom. The van der Waals surface area contributed by atoms with Crippen LogP contribution in [0.2, 0.25) is 0 Å². The van der Waals surface area contributed by atoms with Gasteiger partial charge in [-0.05, 0) is 57.2 Å². The molecule has 2 fully saturated rings. The van der Waals surface area contributed by atoms with Crippen molar-refractivity contribution >= 4 is 11.7 Å². The summed E-state index contributed by atoms with van der Waals surface area (Å²) in [5.41, 5.74) is 0.259. The Morgan fingerprint density at radius 3 is 2.83 bits per heavy atom. The first-order chi connectivity index (χ1) is 11.6. The number of hydrogen-bond acceptors (Lipinski definition) is 2. The Bertz CT molecular complexity index is 565. The summed E-state index contributed by atoms with van der Waals surface area (Å²) in [5, 5.41) is 2.71. The SMILES string of the molecule is C[C@H]1CCCCN1C[C@@H]1CCCN(C(=O)Nc2ccccc2F)C1. The van der Waals surface area contributed by atoms with Crippen molar-refractivity contribution in [3.05, 3.63) is 30.1 Å². The van der Waals surface area contributed by atoms with Crippen molar-refractivity contribution < 1.29 is 9.18 Å². The molecule has 2 saturated heterocycles. The van der Waals surface area contributed by atoms with Crippen LogP contribution in [0, 0.1) is 11.7 Å². The molecule has 0 aliphatic carbocycles. The lowest BCUT2D eigenvalue weighted by Gasteiger charge is -2.39. The van der Waals surface area contributed by atoms with Crippen LogP contribution >= 0.6 is 0 Å². The topological polar surface area (TPSA) is 35.6 Å². The van der Waals surface area contributed by atoms with Gasteiger partial charge in [-0.15, -0.1) is 0 Å². The first kappa shape index (κ1) is 17.2. The maximum absolute atomic E-state index is 13.7. The Kier molecular flexibility index (Phi) is 5.72. The summed E-state index contributed by atoms with van der Waals surface area (Å²) in [7, 11) is 0. The van der Waals surface area contributed by atoms with Gasteiger partial charge in [-0.2, -0.15) is 0 Å². The van der Waals surface area contributed by atoms with E-state index < -0.39 is 0 Å². The first-order valence-electron chi connectivity index (χ1n) is 9.18. The Morgan fingerprint density at radius 1 is 1.21 bits per heavy atom. The van der Waals surface area contributed by atoms with Crippen molar-refractivity contribution in [2.75, 3.05) is 31.5 Å². The fourth-order valence-corrected chi connectivity index (χ4v) is 3.92. The van der Waals surface area contributed by atoms with E-state index in [9.17, 15) is 9.18 Å². The van der Waals surface area contributed by atoms with E-state index in [2.05, 4.69) is 17.1 Å². The zero-order valence-corrected chi connectivity index (χ0v) is 14.5. The minimum Gasteiger partial charge on any atom is -0.324 e. The van der Waals surface area contributed by atoms with Gasteiger partial charge in [0.05, 0.1) is 5.69 Å². The Hall–Kier alpha value is -1.62. The van der Waals surface area contributed by atoms with Gasteiger partial charge >= 0.3 is 6.03 Å². The number of rotatable bonds is 3. The highest BCUT2D eigenvalue weighted by atomic mass is 19.1. The summed E-state index contributed by atoms with van der Waals surface area (Å²) < 4.78 is 13.7. The minimum absolute atomic E-state index is 0.184. The molecule has 2 atom stereocenters. The molecule has 4 nitrogen and oxygen atoms in total. The Balaban J connectivity index is 1.55. The van der Waals surface area contributed by atoms with Gasteiger partial charge in [-0.25, -0.2) is 9.18 Å². The van der Waals surface area contributed by atoms with E-state index in [4.69, 9.17) is 0 Å². The van der Waals surface area contributed by atoms with Gasteiger partial charge in [-0.3, -0.25) is 0 Å². The summed E-state index contributed by atoms with van der Waals surface area (Å²) in [6, 6.07) is 6.80. The number of carbonyl (C=O) groups excluding carboxylic acids is 1. The van der Waals surface area contributed by atoms with Gasteiger partial charge in [0, 0.05) is 25.7 Å². The number of piperidine rings is 2. The van der Waals surface area contributed by atoms with Crippen molar-refractivity contribution in [3.63, 3.8) is 0 Å². The molecule has 0 radical (unpaired) electrons. The van der Waals surface area contributed by atoms with Crippen LogP contribution in [0.4, 0.5) is 14.9 Å². The third kappa shape index (κ3) is 4.26. The highest BCUT2D eigenvalue weighted by Gasteiger charge is 2.27. The number of benzene rings is 1. The van der Waals surface area contributed by atoms with Gasteiger partial charge in [0.25, 0.3) is 0 Å². The highest BCUT2D eigenvalue weighted by molar-refractivity contribution is 5.89. The first-order valence-corrected chi connectivity index (χ1v) is 9.18. The van der Waals surface area contributed by atoms with Crippen LogP contribution in [0.25, 0.3) is 0 Å². The molecule has 0 bridgehead atoms. The van der Waals surface area contributed by atoms with Gasteiger partial charge in [0.1, 0.15) is 5.82 Å². The second kappa shape index (κ2) is 7.97. The molecular weight excluding hydrogens is 305 g/mol.